The quantitative estimate of drug-likeness (QED) is 0.315. The molecule has 0 aliphatic heterocycles. The van der Waals surface area contributed by atoms with Gasteiger partial charge in [0.15, 0.2) is 6.17 Å². The number of hydrogen-bond donors (Lipinski definition) is 0. The summed E-state index contributed by atoms with van der Waals surface area (Å²) >= 11 is 0. The topological polar surface area (TPSA) is 9.23 Å². The number of alkyl halides is 2. The van der Waals surface area contributed by atoms with E-state index in [9.17, 15) is 8.78 Å². The van der Waals surface area contributed by atoms with Crippen LogP contribution in [0, 0.1) is 5.92 Å². The summed E-state index contributed by atoms with van der Waals surface area (Å²) < 4.78 is 32.0. The van der Waals surface area contributed by atoms with Crippen LogP contribution in [0.1, 0.15) is 49.7 Å². The Morgan fingerprint density at radius 3 is 2.15 bits per heavy atom. The lowest BCUT2D eigenvalue weighted by atomic mass is 9.76. The fourth-order valence-electron chi connectivity index (χ4n) is 4.75. The maximum atomic E-state index is 13.7. The van der Waals surface area contributed by atoms with E-state index in [1.54, 1.807) is 0 Å². The van der Waals surface area contributed by atoms with Crippen LogP contribution < -0.4 is 0 Å². The average Bonchev–Trinajstić information content (AvgIpc) is 2.87. The smallest absolute Gasteiger partial charge is 0.230 e. The molecule has 3 aromatic rings. The van der Waals surface area contributed by atoms with Gasteiger partial charge in [0, 0.05) is 0 Å². The van der Waals surface area contributed by atoms with Gasteiger partial charge < -0.3 is 4.74 Å². The lowest BCUT2D eigenvalue weighted by Crippen LogP contribution is -2.17. The van der Waals surface area contributed by atoms with Crippen molar-refractivity contribution in [3.63, 3.8) is 0 Å². The predicted octanol–water partition coefficient (Wildman–Crippen LogP) is 8.65. The molecule has 1 nitrogen and oxygen atoms in total. The Morgan fingerprint density at radius 2 is 1.52 bits per heavy atom. The van der Waals surface area contributed by atoms with Crippen molar-refractivity contribution in [2.45, 2.75) is 57.7 Å². The number of ether oxygens (including phenoxy) is 1. The molecule has 0 saturated heterocycles. The monoisotopic (exact) mass is 446 g/mol. The minimum atomic E-state index is -1.90. The third kappa shape index (κ3) is 5.78. The summed E-state index contributed by atoms with van der Waals surface area (Å²) in [5.74, 6) is 1.02. The molecule has 0 bridgehead atoms. The van der Waals surface area contributed by atoms with Gasteiger partial charge >= 0.3 is 0 Å². The zero-order valence-electron chi connectivity index (χ0n) is 19.2. The second kappa shape index (κ2) is 10.9. The standard InChI is InChI=1S/C30H32F2O/c1-3-22-9-12-27(13-10-22)29-19-23(20-33-30(32)21(2)31)11-18-28(29)26-16-14-25(15-17-26)24-7-5-4-6-8-24/h3-8,11,14-19,21-22,27,30H,1,9-10,12-13,20H2,2H3. The Hall–Kier alpha value is -2.78. The molecule has 3 heteroatoms. The summed E-state index contributed by atoms with van der Waals surface area (Å²) in [7, 11) is 0. The van der Waals surface area contributed by atoms with Crippen LogP contribution in [0.4, 0.5) is 8.78 Å². The molecule has 2 atom stereocenters. The molecule has 0 spiro atoms. The highest BCUT2D eigenvalue weighted by Crippen LogP contribution is 2.41. The molecule has 1 aliphatic carbocycles. The maximum Gasteiger partial charge on any atom is 0.230 e. The van der Waals surface area contributed by atoms with Gasteiger partial charge in [-0.1, -0.05) is 78.9 Å². The fraction of sp³-hybridized carbons (Fsp3) is 0.333. The molecular weight excluding hydrogens is 414 g/mol. The first-order valence-electron chi connectivity index (χ1n) is 11.9. The van der Waals surface area contributed by atoms with Gasteiger partial charge in [0.25, 0.3) is 0 Å². The molecule has 0 radical (unpaired) electrons. The van der Waals surface area contributed by atoms with E-state index in [0.717, 1.165) is 31.2 Å². The SMILES string of the molecule is C=CC1CCC(c2cc(COC(F)C(C)F)ccc2-c2ccc(-c3ccccc3)cc2)CC1. The summed E-state index contributed by atoms with van der Waals surface area (Å²) in [4.78, 5) is 0. The molecular formula is C30H32F2O. The van der Waals surface area contributed by atoms with Gasteiger partial charge in [0.05, 0.1) is 6.61 Å². The van der Waals surface area contributed by atoms with Crippen LogP contribution in [0.15, 0.2) is 85.5 Å². The summed E-state index contributed by atoms with van der Waals surface area (Å²) in [6.07, 6.45) is 3.00. The van der Waals surface area contributed by atoms with E-state index in [4.69, 9.17) is 4.74 Å². The van der Waals surface area contributed by atoms with Gasteiger partial charge in [-0.2, -0.15) is 0 Å². The summed E-state index contributed by atoms with van der Waals surface area (Å²) in [6, 6.07) is 25.2. The molecule has 3 aromatic carbocycles. The highest BCUT2D eigenvalue weighted by Gasteiger charge is 2.24. The Labute approximate surface area is 196 Å². The number of rotatable bonds is 8. The molecule has 0 N–H and O–H groups in total. The largest absolute Gasteiger partial charge is 0.341 e. The predicted molar refractivity (Wildman–Crippen MR) is 132 cm³/mol. The van der Waals surface area contributed by atoms with Gasteiger partial charge in [-0.25, -0.2) is 8.78 Å². The molecule has 1 fully saturated rings. The van der Waals surface area contributed by atoms with Crippen molar-refractivity contribution in [3.05, 3.63) is 96.6 Å². The van der Waals surface area contributed by atoms with Crippen LogP contribution in [0.25, 0.3) is 22.3 Å². The maximum absolute atomic E-state index is 13.7. The molecule has 2 unspecified atom stereocenters. The van der Waals surface area contributed by atoms with Crippen molar-refractivity contribution in [2.75, 3.05) is 0 Å². The third-order valence-electron chi connectivity index (χ3n) is 6.73. The minimum absolute atomic E-state index is 0.0671. The first-order valence-corrected chi connectivity index (χ1v) is 11.9. The molecule has 1 saturated carbocycles. The van der Waals surface area contributed by atoms with Gasteiger partial charge in [0.1, 0.15) is 0 Å². The van der Waals surface area contributed by atoms with Crippen LogP contribution in [0.5, 0.6) is 0 Å². The normalized spacial score (nSPS) is 20.2. The van der Waals surface area contributed by atoms with Crippen molar-refractivity contribution in [2.24, 2.45) is 5.92 Å². The van der Waals surface area contributed by atoms with Crippen molar-refractivity contribution in [1.82, 2.24) is 0 Å². The Morgan fingerprint density at radius 1 is 0.879 bits per heavy atom. The van der Waals surface area contributed by atoms with E-state index in [2.05, 4.69) is 61.2 Å². The van der Waals surface area contributed by atoms with E-state index < -0.39 is 12.5 Å². The van der Waals surface area contributed by atoms with Crippen LogP contribution in [-0.2, 0) is 11.3 Å². The van der Waals surface area contributed by atoms with Crippen LogP contribution >= 0.6 is 0 Å². The van der Waals surface area contributed by atoms with Crippen molar-refractivity contribution in [3.8, 4) is 22.3 Å². The van der Waals surface area contributed by atoms with Gasteiger partial charge in [-0.15, -0.1) is 6.58 Å². The molecule has 172 valence electrons. The molecule has 0 heterocycles. The zero-order chi connectivity index (χ0) is 23.2. The lowest BCUT2D eigenvalue weighted by Gasteiger charge is -2.29. The zero-order valence-corrected chi connectivity index (χ0v) is 19.2. The van der Waals surface area contributed by atoms with Gasteiger partial charge in [-0.05, 0) is 77.8 Å². The number of halogens is 2. The molecule has 33 heavy (non-hydrogen) atoms. The van der Waals surface area contributed by atoms with E-state index in [1.165, 1.54) is 34.7 Å². The molecule has 0 aromatic heterocycles. The third-order valence-corrected chi connectivity index (χ3v) is 6.73. The number of benzene rings is 3. The van der Waals surface area contributed by atoms with Crippen molar-refractivity contribution in [1.29, 1.82) is 0 Å². The van der Waals surface area contributed by atoms with E-state index in [0.29, 0.717) is 11.8 Å². The Balaban J connectivity index is 1.62. The van der Waals surface area contributed by atoms with Crippen molar-refractivity contribution < 1.29 is 13.5 Å². The molecule has 1 aliphatic rings. The molecule has 4 rings (SSSR count). The number of allylic oxidation sites excluding steroid dienone is 1. The van der Waals surface area contributed by atoms with Gasteiger partial charge in [0.2, 0.25) is 6.36 Å². The first kappa shape index (κ1) is 23.4. The Bertz CT molecular complexity index is 1030. The molecule has 0 amide bonds. The second-order valence-corrected chi connectivity index (χ2v) is 9.05. The summed E-state index contributed by atoms with van der Waals surface area (Å²) in [5, 5.41) is 0. The second-order valence-electron chi connectivity index (χ2n) is 9.05. The van der Waals surface area contributed by atoms with Gasteiger partial charge in [-0.3, -0.25) is 0 Å². The Kier molecular flexibility index (Phi) is 7.72. The average molecular weight is 447 g/mol. The van der Waals surface area contributed by atoms with Crippen LogP contribution in [-0.4, -0.2) is 12.5 Å². The fourth-order valence-corrected chi connectivity index (χ4v) is 4.75. The number of hydrogen-bond acceptors (Lipinski definition) is 1. The summed E-state index contributed by atoms with van der Waals surface area (Å²) in [5.41, 5.74) is 6.91. The van der Waals surface area contributed by atoms with E-state index >= 15 is 0 Å². The highest BCUT2D eigenvalue weighted by molar-refractivity contribution is 5.73. The van der Waals surface area contributed by atoms with Crippen LogP contribution in [0.3, 0.4) is 0 Å². The minimum Gasteiger partial charge on any atom is -0.341 e. The lowest BCUT2D eigenvalue weighted by molar-refractivity contribution is -0.0896. The van der Waals surface area contributed by atoms with Crippen LogP contribution in [0.2, 0.25) is 0 Å². The summed E-state index contributed by atoms with van der Waals surface area (Å²) in [6.45, 7) is 5.21. The van der Waals surface area contributed by atoms with E-state index in [1.807, 2.05) is 24.3 Å². The first-order chi connectivity index (χ1) is 16.0. The highest BCUT2D eigenvalue weighted by atomic mass is 19.2. The van der Waals surface area contributed by atoms with E-state index in [-0.39, 0.29) is 6.61 Å². The van der Waals surface area contributed by atoms with Crippen molar-refractivity contribution >= 4 is 0 Å².